The Morgan fingerprint density at radius 3 is 2.38 bits per heavy atom. The molecule has 0 heterocycles. The Hall–Kier alpha value is -2.00. The lowest BCUT2D eigenvalue weighted by molar-refractivity contribution is -0.120. The van der Waals surface area contributed by atoms with Crippen molar-refractivity contribution in [3.8, 4) is 0 Å². The third-order valence-electron chi connectivity index (χ3n) is 3.33. The lowest BCUT2D eigenvalue weighted by Gasteiger charge is -2.21. The van der Waals surface area contributed by atoms with Crippen LogP contribution in [0.3, 0.4) is 0 Å². The number of rotatable bonds is 5. The van der Waals surface area contributed by atoms with Crippen molar-refractivity contribution in [1.29, 1.82) is 0 Å². The van der Waals surface area contributed by atoms with Crippen LogP contribution in [-0.4, -0.2) is 19.5 Å². The minimum atomic E-state index is -0.0426. The summed E-state index contributed by atoms with van der Waals surface area (Å²) in [4.78, 5) is 14.0. The van der Waals surface area contributed by atoms with Crippen molar-refractivity contribution in [2.24, 2.45) is 0 Å². The summed E-state index contributed by atoms with van der Waals surface area (Å²) in [6.45, 7) is 2.28. The fraction of sp³-hybridized carbons (Fsp3) is 0.235. The molecule has 2 rings (SSSR count). The molecule has 110 valence electrons. The third-order valence-corrected chi connectivity index (χ3v) is 3.58. The first-order valence-corrected chi connectivity index (χ1v) is 7.25. The standard InChI is InChI=1S/C17H19ClN2O/c1-13(14-8-10-15(18)11-9-14)19-17(21)12-20(2)16-6-4-3-5-7-16/h3-11,13H,12H2,1-2H3,(H,19,21)/t13-/m1/s1. The number of nitrogens with one attached hydrogen (secondary N) is 1. The van der Waals surface area contributed by atoms with Crippen LogP contribution >= 0.6 is 11.6 Å². The maximum absolute atomic E-state index is 12.1. The number of hydrogen-bond donors (Lipinski definition) is 1. The van der Waals surface area contributed by atoms with Crippen LogP contribution in [-0.2, 0) is 4.79 Å². The Morgan fingerprint density at radius 1 is 1.14 bits per heavy atom. The van der Waals surface area contributed by atoms with E-state index in [0.29, 0.717) is 11.6 Å². The van der Waals surface area contributed by atoms with Gasteiger partial charge in [-0.3, -0.25) is 4.79 Å². The topological polar surface area (TPSA) is 32.3 Å². The molecule has 0 aliphatic heterocycles. The van der Waals surface area contributed by atoms with Gasteiger partial charge in [0, 0.05) is 17.8 Å². The second kappa shape index (κ2) is 7.14. The normalized spacial score (nSPS) is 11.8. The average Bonchev–Trinajstić information content (AvgIpc) is 2.48. The summed E-state index contributed by atoms with van der Waals surface area (Å²) in [5.74, 6) is -0.0104. The van der Waals surface area contributed by atoms with Gasteiger partial charge < -0.3 is 10.2 Å². The van der Waals surface area contributed by atoms with Crippen molar-refractivity contribution in [3.05, 3.63) is 65.2 Å². The van der Waals surface area contributed by atoms with Crippen molar-refractivity contribution in [2.75, 3.05) is 18.5 Å². The van der Waals surface area contributed by atoms with Gasteiger partial charge in [0.2, 0.25) is 5.91 Å². The van der Waals surface area contributed by atoms with Crippen molar-refractivity contribution < 1.29 is 4.79 Å². The van der Waals surface area contributed by atoms with Crippen LogP contribution in [0.25, 0.3) is 0 Å². The van der Waals surface area contributed by atoms with E-state index < -0.39 is 0 Å². The minimum Gasteiger partial charge on any atom is -0.365 e. The van der Waals surface area contributed by atoms with Crippen LogP contribution in [0.1, 0.15) is 18.5 Å². The second-order valence-electron chi connectivity index (χ2n) is 5.03. The van der Waals surface area contributed by atoms with E-state index in [-0.39, 0.29) is 11.9 Å². The van der Waals surface area contributed by atoms with E-state index in [0.717, 1.165) is 11.3 Å². The molecule has 0 spiro atoms. The zero-order valence-corrected chi connectivity index (χ0v) is 13.0. The number of nitrogens with zero attached hydrogens (tertiary/aromatic N) is 1. The summed E-state index contributed by atoms with van der Waals surface area (Å²) in [5.41, 5.74) is 2.06. The maximum Gasteiger partial charge on any atom is 0.239 e. The van der Waals surface area contributed by atoms with E-state index in [9.17, 15) is 4.79 Å². The van der Waals surface area contributed by atoms with E-state index in [1.807, 2.05) is 73.5 Å². The molecule has 2 aromatic carbocycles. The minimum absolute atomic E-state index is 0.0104. The molecular weight excluding hydrogens is 284 g/mol. The first kappa shape index (κ1) is 15.4. The molecule has 21 heavy (non-hydrogen) atoms. The molecule has 0 saturated heterocycles. The molecular formula is C17H19ClN2O. The van der Waals surface area contributed by atoms with Crippen LogP contribution in [0.2, 0.25) is 5.02 Å². The Labute approximate surface area is 130 Å². The molecule has 0 aliphatic carbocycles. The zero-order chi connectivity index (χ0) is 15.2. The van der Waals surface area contributed by atoms with E-state index >= 15 is 0 Å². The first-order chi connectivity index (χ1) is 10.1. The monoisotopic (exact) mass is 302 g/mol. The number of anilines is 1. The van der Waals surface area contributed by atoms with E-state index in [1.165, 1.54) is 0 Å². The van der Waals surface area contributed by atoms with Gasteiger partial charge in [0.15, 0.2) is 0 Å². The quantitative estimate of drug-likeness (QED) is 0.914. The molecule has 0 radical (unpaired) electrons. The molecule has 0 aromatic heterocycles. The van der Waals surface area contributed by atoms with Crippen LogP contribution < -0.4 is 10.2 Å². The number of halogens is 1. The highest BCUT2D eigenvalue weighted by Gasteiger charge is 2.11. The van der Waals surface area contributed by atoms with Gasteiger partial charge in [-0.1, -0.05) is 41.9 Å². The van der Waals surface area contributed by atoms with Gasteiger partial charge in [0.25, 0.3) is 0 Å². The van der Waals surface area contributed by atoms with E-state index in [1.54, 1.807) is 0 Å². The van der Waals surface area contributed by atoms with Gasteiger partial charge >= 0.3 is 0 Å². The molecule has 2 aromatic rings. The maximum atomic E-state index is 12.1. The van der Waals surface area contributed by atoms with Gasteiger partial charge in [-0.05, 0) is 36.8 Å². The average molecular weight is 303 g/mol. The SMILES string of the molecule is C[C@@H](NC(=O)CN(C)c1ccccc1)c1ccc(Cl)cc1. The van der Waals surface area contributed by atoms with Gasteiger partial charge in [-0.2, -0.15) is 0 Å². The van der Waals surface area contributed by atoms with Crippen molar-refractivity contribution >= 4 is 23.2 Å². The highest BCUT2D eigenvalue weighted by Crippen LogP contribution is 2.16. The van der Waals surface area contributed by atoms with Crippen LogP contribution in [0, 0.1) is 0 Å². The molecule has 0 aliphatic rings. The summed E-state index contributed by atoms with van der Waals surface area (Å²) in [6.07, 6.45) is 0. The van der Waals surface area contributed by atoms with Crippen molar-refractivity contribution in [2.45, 2.75) is 13.0 Å². The van der Waals surface area contributed by atoms with Crippen molar-refractivity contribution in [3.63, 3.8) is 0 Å². The van der Waals surface area contributed by atoms with Crippen molar-refractivity contribution in [1.82, 2.24) is 5.32 Å². The van der Waals surface area contributed by atoms with Crippen LogP contribution in [0.15, 0.2) is 54.6 Å². The fourth-order valence-electron chi connectivity index (χ4n) is 2.11. The Balaban J connectivity index is 1.91. The number of para-hydroxylation sites is 1. The molecule has 1 N–H and O–H groups in total. The smallest absolute Gasteiger partial charge is 0.239 e. The molecule has 0 unspecified atom stereocenters. The van der Waals surface area contributed by atoms with Crippen LogP contribution in [0.5, 0.6) is 0 Å². The Kier molecular flexibility index (Phi) is 5.23. The lowest BCUT2D eigenvalue weighted by Crippen LogP contribution is -2.36. The summed E-state index contributed by atoms with van der Waals surface area (Å²) in [7, 11) is 1.90. The molecule has 0 fully saturated rings. The predicted octanol–water partition coefficient (Wildman–Crippen LogP) is 3.65. The molecule has 0 bridgehead atoms. The van der Waals surface area contributed by atoms with Crippen LogP contribution in [0.4, 0.5) is 5.69 Å². The van der Waals surface area contributed by atoms with Gasteiger partial charge in [0.1, 0.15) is 0 Å². The number of carbonyl (C=O) groups excluding carboxylic acids is 1. The van der Waals surface area contributed by atoms with Gasteiger partial charge in [0.05, 0.1) is 12.6 Å². The van der Waals surface area contributed by atoms with Gasteiger partial charge in [-0.25, -0.2) is 0 Å². The zero-order valence-electron chi connectivity index (χ0n) is 12.2. The summed E-state index contributed by atoms with van der Waals surface area (Å²) >= 11 is 5.86. The molecule has 1 atom stereocenters. The Bertz CT molecular complexity index is 583. The number of carbonyl (C=O) groups is 1. The summed E-state index contributed by atoms with van der Waals surface area (Å²) < 4.78 is 0. The molecule has 0 saturated carbocycles. The molecule has 4 heteroatoms. The first-order valence-electron chi connectivity index (χ1n) is 6.87. The van der Waals surface area contributed by atoms with E-state index in [2.05, 4.69) is 5.32 Å². The highest BCUT2D eigenvalue weighted by molar-refractivity contribution is 6.30. The Morgan fingerprint density at radius 2 is 1.76 bits per heavy atom. The number of amides is 1. The molecule has 3 nitrogen and oxygen atoms in total. The van der Waals surface area contributed by atoms with E-state index in [4.69, 9.17) is 11.6 Å². The van der Waals surface area contributed by atoms with Gasteiger partial charge in [-0.15, -0.1) is 0 Å². The fourth-order valence-corrected chi connectivity index (χ4v) is 2.24. The summed E-state index contributed by atoms with van der Waals surface area (Å²) in [5, 5.41) is 3.69. The number of hydrogen-bond acceptors (Lipinski definition) is 2. The lowest BCUT2D eigenvalue weighted by atomic mass is 10.1. The number of benzene rings is 2. The largest absolute Gasteiger partial charge is 0.365 e. The third kappa shape index (κ3) is 4.50. The molecule has 1 amide bonds. The highest BCUT2D eigenvalue weighted by atomic mass is 35.5. The predicted molar refractivity (Wildman–Crippen MR) is 87.7 cm³/mol. The number of likely N-dealkylation sites (N-methyl/N-ethyl adjacent to an activating group) is 1. The second-order valence-corrected chi connectivity index (χ2v) is 5.47. The summed E-state index contributed by atoms with van der Waals surface area (Å²) in [6, 6.07) is 17.3.